The van der Waals surface area contributed by atoms with Crippen LogP contribution in [0.5, 0.6) is 0 Å². The zero-order valence-electron chi connectivity index (χ0n) is 16.7. The van der Waals surface area contributed by atoms with Crippen molar-refractivity contribution in [3.8, 4) is 0 Å². The first-order chi connectivity index (χ1) is 15.0. The van der Waals surface area contributed by atoms with E-state index in [1.54, 1.807) is 13.0 Å². The number of carbonyl (C=O) groups excluding carboxylic acids is 3. The summed E-state index contributed by atoms with van der Waals surface area (Å²) in [5.74, 6) is -1.53. The molecule has 3 aliphatic carbocycles. The molecule has 0 saturated carbocycles. The second-order valence-electron chi connectivity index (χ2n) is 8.40. The van der Waals surface area contributed by atoms with Crippen LogP contribution in [0.3, 0.4) is 0 Å². The third-order valence-electron chi connectivity index (χ3n) is 6.74. The molecule has 0 spiro atoms. The van der Waals surface area contributed by atoms with E-state index in [9.17, 15) is 14.4 Å². The molecule has 31 heavy (non-hydrogen) atoms. The predicted octanol–water partition coefficient (Wildman–Crippen LogP) is 2.81. The van der Waals surface area contributed by atoms with Crippen LogP contribution in [0, 0.1) is 18.8 Å². The van der Waals surface area contributed by atoms with Gasteiger partial charge in [-0.15, -0.1) is 0 Å². The van der Waals surface area contributed by atoms with E-state index in [-0.39, 0.29) is 36.0 Å². The first kappa shape index (κ1) is 18.1. The maximum Gasteiger partial charge on any atom is 0.245 e. The third-order valence-corrected chi connectivity index (χ3v) is 6.74. The zero-order chi connectivity index (χ0) is 21.3. The van der Waals surface area contributed by atoms with Gasteiger partial charge in [0.05, 0.1) is 11.8 Å². The molecule has 1 saturated heterocycles. The Morgan fingerprint density at radius 3 is 1.84 bits per heavy atom. The van der Waals surface area contributed by atoms with Gasteiger partial charge in [-0.05, 0) is 29.2 Å². The smallest absolute Gasteiger partial charge is 0.245 e. The number of nitrogens with zero attached hydrogens (tertiary/aromatic N) is 2. The van der Waals surface area contributed by atoms with Crippen molar-refractivity contribution in [2.24, 2.45) is 11.8 Å². The van der Waals surface area contributed by atoms with Crippen LogP contribution in [0.4, 0.5) is 5.82 Å². The number of likely N-dealkylation sites (tertiary alicyclic amines) is 1. The minimum atomic E-state index is -0.482. The molecule has 3 aromatic rings. The fraction of sp³-hybridized carbons (Fsp3) is 0.250. The van der Waals surface area contributed by atoms with Gasteiger partial charge in [-0.3, -0.25) is 19.3 Å². The van der Waals surface area contributed by atoms with Gasteiger partial charge in [0.25, 0.3) is 0 Å². The standard InChI is InChI=1S/C24H19N3O4/c1-12-10-17(26-31-12)25-18(28)11-27-23(29)21-19-13-6-2-3-7-14(13)20(22(21)24(27)30)16-9-5-4-8-15(16)19/h2-10,19-22H,11H2,1H3,(H,25,26,28). The molecule has 1 aliphatic heterocycles. The van der Waals surface area contributed by atoms with E-state index >= 15 is 0 Å². The Hall–Kier alpha value is -3.74. The molecule has 1 N–H and O–H groups in total. The largest absolute Gasteiger partial charge is 0.360 e. The van der Waals surface area contributed by atoms with Crippen LogP contribution in [0.1, 0.15) is 39.8 Å². The van der Waals surface area contributed by atoms with Gasteiger partial charge >= 0.3 is 0 Å². The van der Waals surface area contributed by atoms with Crippen molar-refractivity contribution < 1.29 is 18.9 Å². The molecule has 0 radical (unpaired) electrons. The number of hydrogen-bond donors (Lipinski definition) is 1. The van der Waals surface area contributed by atoms with Crippen LogP contribution in [-0.4, -0.2) is 34.3 Å². The fourth-order valence-corrected chi connectivity index (χ4v) is 5.65. The number of hydrogen-bond acceptors (Lipinski definition) is 5. The number of aryl methyl sites for hydroxylation is 1. The number of aromatic nitrogens is 1. The van der Waals surface area contributed by atoms with Gasteiger partial charge in [0.15, 0.2) is 5.82 Å². The number of amides is 3. The Labute approximate surface area is 178 Å². The Morgan fingerprint density at radius 2 is 1.42 bits per heavy atom. The molecule has 7 heteroatoms. The molecule has 7 rings (SSSR count). The maximum absolute atomic E-state index is 13.4. The lowest BCUT2D eigenvalue weighted by Gasteiger charge is -2.45. The summed E-state index contributed by atoms with van der Waals surface area (Å²) < 4.78 is 4.95. The normalized spacial score (nSPS) is 25.3. The molecule has 4 aliphatic rings. The van der Waals surface area contributed by atoms with Crippen molar-refractivity contribution in [1.82, 2.24) is 10.1 Å². The van der Waals surface area contributed by atoms with Crippen LogP contribution in [0.25, 0.3) is 0 Å². The monoisotopic (exact) mass is 413 g/mol. The molecule has 2 atom stereocenters. The van der Waals surface area contributed by atoms with Crippen LogP contribution >= 0.6 is 0 Å². The van der Waals surface area contributed by atoms with E-state index in [4.69, 9.17) is 4.52 Å². The van der Waals surface area contributed by atoms with E-state index in [0.717, 1.165) is 27.2 Å². The third kappa shape index (κ3) is 2.46. The van der Waals surface area contributed by atoms with Crippen molar-refractivity contribution in [1.29, 1.82) is 0 Å². The minimum Gasteiger partial charge on any atom is -0.360 e. The van der Waals surface area contributed by atoms with Crippen LogP contribution in [-0.2, 0) is 14.4 Å². The highest BCUT2D eigenvalue weighted by atomic mass is 16.5. The van der Waals surface area contributed by atoms with E-state index < -0.39 is 17.7 Å². The van der Waals surface area contributed by atoms with E-state index in [2.05, 4.69) is 34.7 Å². The number of anilines is 1. The van der Waals surface area contributed by atoms with Crippen molar-refractivity contribution in [2.45, 2.75) is 18.8 Å². The molecule has 2 unspecified atom stereocenters. The second-order valence-corrected chi connectivity index (χ2v) is 8.40. The van der Waals surface area contributed by atoms with Crippen molar-refractivity contribution >= 4 is 23.5 Å². The van der Waals surface area contributed by atoms with Gasteiger partial charge in [-0.2, -0.15) is 0 Å². The minimum absolute atomic E-state index is 0.176. The quantitative estimate of drug-likeness (QED) is 0.667. The summed E-state index contributed by atoms with van der Waals surface area (Å²) in [6.45, 7) is 1.38. The fourth-order valence-electron chi connectivity index (χ4n) is 5.65. The van der Waals surface area contributed by atoms with E-state index in [1.807, 2.05) is 24.3 Å². The lowest BCUT2D eigenvalue weighted by molar-refractivity contribution is -0.142. The zero-order valence-corrected chi connectivity index (χ0v) is 16.7. The van der Waals surface area contributed by atoms with E-state index in [0.29, 0.717) is 5.76 Å². The summed E-state index contributed by atoms with van der Waals surface area (Å²) in [6.07, 6.45) is 0. The Balaban J connectivity index is 1.37. The molecule has 3 amide bonds. The highest BCUT2D eigenvalue weighted by molar-refractivity contribution is 6.10. The summed E-state index contributed by atoms with van der Waals surface area (Å²) in [5, 5.41) is 6.33. The molecule has 7 nitrogen and oxygen atoms in total. The first-order valence-electron chi connectivity index (χ1n) is 10.3. The number of imide groups is 1. The van der Waals surface area contributed by atoms with Gasteiger partial charge in [0.1, 0.15) is 12.3 Å². The average molecular weight is 413 g/mol. The molecule has 2 bridgehead atoms. The van der Waals surface area contributed by atoms with Crippen molar-refractivity contribution in [3.05, 3.63) is 82.6 Å². The van der Waals surface area contributed by atoms with Gasteiger partial charge in [0.2, 0.25) is 17.7 Å². The molecular weight excluding hydrogens is 394 g/mol. The second kappa shape index (κ2) is 6.38. The lowest BCUT2D eigenvalue weighted by Crippen LogP contribution is -2.41. The number of carbonyl (C=O) groups is 3. The summed E-state index contributed by atoms with van der Waals surface area (Å²) in [7, 11) is 0. The summed E-state index contributed by atoms with van der Waals surface area (Å²) in [4.78, 5) is 40.6. The van der Waals surface area contributed by atoms with E-state index in [1.165, 1.54) is 0 Å². The highest BCUT2D eigenvalue weighted by Crippen LogP contribution is 2.60. The van der Waals surface area contributed by atoms with Crippen molar-refractivity contribution in [2.75, 3.05) is 11.9 Å². The van der Waals surface area contributed by atoms with Crippen molar-refractivity contribution in [3.63, 3.8) is 0 Å². The average Bonchev–Trinajstić information content (AvgIpc) is 3.30. The topological polar surface area (TPSA) is 92.5 Å². The number of rotatable bonds is 3. The number of benzene rings is 2. The van der Waals surface area contributed by atoms with Gasteiger partial charge in [-0.25, -0.2) is 0 Å². The predicted molar refractivity (Wildman–Crippen MR) is 110 cm³/mol. The SMILES string of the molecule is Cc1cc(NC(=O)CN2C(=O)C3C4c5ccccc5C(c5ccccc54)C3C2=O)no1. The number of nitrogens with one attached hydrogen (secondary N) is 1. The molecule has 154 valence electrons. The molecule has 2 aromatic carbocycles. The first-order valence-corrected chi connectivity index (χ1v) is 10.3. The maximum atomic E-state index is 13.4. The van der Waals surface area contributed by atoms with Gasteiger partial charge < -0.3 is 9.84 Å². The summed E-state index contributed by atoms with van der Waals surface area (Å²) in [6, 6.07) is 17.7. The lowest BCUT2D eigenvalue weighted by atomic mass is 9.55. The summed E-state index contributed by atoms with van der Waals surface area (Å²) in [5.41, 5.74) is 4.44. The molecule has 1 aromatic heterocycles. The summed E-state index contributed by atoms with van der Waals surface area (Å²) >= 11 is 0. The Kier molecular flexibility index (Phi) is 3.72. The Morgan fingerprint density at radius 1 is 0.935 bits per heavy atom. The molecule has 2 heterocycles. The van der Waals surface area contributed by atoms with Crippen LogP contribution in [0.2, 0.25) is 0 Å². The van der Waals surface area contributed by atoms with Gasteiger partial charge in [-0.1, -0.05) is 53.7 Å². The molecular formula is C24H19N3O4. The van der Waals surface area contributed by atoms with Gasteiger partial charge in [0, 0.05) is 17.9 Å². The highest BCUT2D eigenvalue weighted by Gasteiger charge is 2.61. The molecule has 1 fully saturated rings. The van der Waals surface area contributed by atoms with Crippen LogP contribution in [0.15, 0.2) is 59.1 Å². The van der Waals surface area contributed by atoms with Crippen LogP contribution < -0.4 is 5.32 Å². The Bertz CT molecular complexity index is 1150.